The number of carbonyl (C=O) groups is 1. The minimum Gasteiger partial charge on any atom is -0.321 e. The van der Waals surface area contributed by atoms with E-state index in [1.54, 1.807) is 0 Å². The van der Waals surface area contributed by atoms with E-state index in [0.717, 1.165) is 22.9 Å². The van der Waals surface area contributed by atoms with Gasteiger partial charge in [0, 0.05) is 12.2 Å². The lowest BCUT2D eigenvalue weighted by Crippen LogP contribution is -2.13. The van der Waals surface area contributed by atoms with Crippen LogP contribution < -0.4 is 5.32 Å². The van der Waals surface area contributed by atoms with E-state index in [1.807, 2.05) is 40.1 Å². The maximum atomic E-state index is 12.3. The predicted molar refractivity (Wildman–Crippen MR) is 88.1 cm³/mol. The molecule has 0 aliphatic rings. The number of aryl methyl sites for hydroxylation is 3. The summed E-state index contributed by atoms with van der Waals surface area (Å²) in [5.41, 5.74) is 4.06. The lowest BCUT2D eigenvalue weighted by atomic mass is 10.1. The Bertz CT molecular complexity index is 662. The first-order valence-corrected chi connectivity index (χ1v) is 7.68. The Balaban J connectivity index is 2.15. The lowest BCUT2D eigenvalue weighted by molar-refractivity contribution is 0.103. The average Bonchev–Trinajstić information content (AvgIpc) is 2.71. The highest BCUT2D eigenvalue weighted by Crippen LogP contribution is 2.21. The van der Waals surface area contributed by atoms with Gasteiger partial charge in [-0.05, 0) is 58.1 Å². The quantitative estimate of drug-likeness (QED) is 0.941. The fraction of sp³-hybridized carbons (Fsp3) is 0.375. The predicted octanol–water partition coefficient (Wildman–Crippen LogP) is 3.38. The van der Waals surface area contributed by atoms with E-state index in [0.29, 0.717) is 4.88 Å². The zero-order chi connectivity index (χ0) is 15.6. The van der Waals surface area contributed by atoms with Crippen molar-refractivity contribution in [3.05, 3.63) is 44.9 Å². The Hall–Kier alpha value is -1.72. The van der Waals surface area contributed by atoms with Crippen molar-refractivity contribution >= 4 is 22.9 Å². The molecule has 21 heavy (non-hydrogen) atoms. The monoisotopic (exact) mass is 303 g/mol. The van der Waals surface area contributed by atoms with Crippen LogP contribution in [0, 0.1) is 20.8 Å². The third-order valence-electron chi connectivity index (χ3n) is 3.20. The minimum absolute atomic E-state index is 0.0853. The van der Waals surface area contributed by atoms with Gasteiger partial charge in [-0.1, -0.05) is 6.07 Å². The maximum absolute atomic E-state index is 12.3. The first-order chi connectivity index (χ1) is 9.86. The SMILES string of the molecule is Cc1nc(C)c(C(=O)Nc2ccc(CN(C)C)c(C)c2)s1. The molecule has 2 aromatic rings. The summed E-state index contributed by atoms with van der Waals surface area (Å²) >= 11 is 1.43. The number of nitrogens with one attached hydrogen (secondary N) is 1. The van der Waals surface area contributed by atoms with Crippen molar-refractivity contribution in [2.75, 3.05) is 19.4 Å². The van der Waals surface area contributed by atoms with Gasteiger partial charge in [0.05, 0.1) is 10.7 Å². The molecule has 1 aromatic heterocycles. The van der Waals surface area contributed by atoms with E-state index in [-0.39, 0.29) is 5.91 Å². The number of hydrogen-bond donors (Lipinski definition) is 1. The zero-order valence-corrected chi connectivity index (χ0v) is 14.0. The van der Waals surface area contributed by atoms with Crippen molar-refractivity contribution in [1.82, 2.24) is 9.88 Å². The van der Waals surface area contributed by atoms with E-state index in [9.17, 15) is 4.79 Å². The standard InChI is InChI=1S/C16H21N3OS/c1-10-8-14(7-6-13(10)9-19(4)5)18-16(20)15-11(2)17-12(3)21-15/h6-8H,9H2,1-5H3,(H,18,20). The van der Waals surface area contributed by atoms with Crippen LogP contribution in [0.1, 0.15) is 31.5 Å². The number of carbonyl (C=O) groups excluding carboxylic acids is 1. The van der Waals surface area contributed by atoms with Gasteiger partial charge in [-0.3, -0.25) is 4.79 Å². The van der Waals surface area contributed by atoms with Crippen LogP contribution in [0.15, 0.2) is 18.2 Å². The Morgan fingerprint density at radius 3 is 2.52 bits per heavy atom. The van der Waals surface area contributed by atoms with E-state index >= 15 is 0 Å². The molecule has 1 heterocycles. The van der Waals surface area contributed by atoms with Crippen molar-refractivity contribution in [2.24, 2.45) is 0 Å². The summed E-state index contributed by atoms with van der Waals surface area (Å²) in [7, 11) is 4.09. The third-order valence-corrected chi connectivity index (χ3v) is 4.27. The molecule has 0 bridgehead atoms. The number of nitrogens with zero attached hydrogens (tertiary/aromatic N) is 2. The minimum atomic E-state index is -0.0853. The number of rotatable bonds is 4. The van der Waals surface area contributed by atoms with Crippen LogP contribution in [-0.2, 0) is 6.54 Å². The molecule has 1 N–H and O–H groups in total. The number of anilines is 1. The zero-order valence-electron chi connectivity index (χ0n) is 13.2. The van der Waals surface area contributed by atoms with Crippen LogP contribution in [0.25, 0.3) is 0 Å². The Labute approximate surface area is 129 Å². The van der Waals surface area contributed by atoms with E-state index in [1.165, 1.54) is 22.5 Å². The van der Waals surface area contributed by atoms with E-state index < -0.39 is 0 Å². The lowest BCUT2D eigenvalue weighted by Gasteiger charge is -2.13. The normalized spacial score (nSPS) is 11.0. The maximum Gasteiger partial charge on any atom is 0.267 e. The Morgan fingerprint density at radius 1 is 1.29 bits per heavy atom. The van der Waals surface area contributed by atoms with Gasteiger partial charge in [-0.2, -0.15) is 0 Å². The molecular formula is C16H21N3OS. The molecule has 4 nitrogen and oxygen atoms in total. The first kappa shape index (κ1) is 15.7. The summed E-state index contributed by atoms with van der Waals surface area (Å²) in [5.74, 6) is -0.0853. The second-order valence-electron chi connectivity index (χ2n) is 5.48. The van der Waals surface area contributed by atoms with Crippen LogP contribution in [0.3, 0.4) is 0 Å². The van der Waals surface area contributed by atoms with Crippen LogP contribution in [-0.4, -0.2) is 29.9 Å². The number of thiazole rings is 1. The number of hydrogen-bond acceptors (Lipinski definition) is 4. The molecular weight excluding hydrogens is 282 g/mol. The van der Waals surface area contributed by atoms with Crippen LogP contribution in [0.4, 0.5) is 5.69 Å². The Kier molecular flexibility index (Phi) is 4.75. The second kappa shape index (κ2) is 6.37. The van der Waals surface area contributed by atoms with Gasteiger partial charge in [0.25, 0.3) is 5.91 Å². The number of amides is 1. The first-order valence-electron chi connectivity index (χ1n) is 6.86. The van der Waals surface area contributed by atoms with Gasteiger partial charge in [-0.15, -0.1) is 11.3 Å². The van der Waals surface area contributed by atoms with Crippen molar-refractivity contribution in [3.8, 4) is 0 Å². The van der Waals surface area contributed by atoms with Crippen LogP contribution in [0.2, 0.25) is 0 Å². The average molecular weight is 303 g/mol. The molecule has 5 heteroatoms. The number of benzene rings is 1. The molecule has 2 rings (SSSR count). The van der Waals surface area contributed by atoms with Crippen molar-refractivity contribution < 1.29 is 4.79 Å². The number of aromatic nitrogens is 1. The fourth-order valence-corrected chi connectivity index (χ4v) is 3.04. The highest BCUT2D eigenvalue weighted by molar-refractivity contribution is 7.13. The summed E-state index contributed by atoms with van der Waals surface area (Å²) in [4.78, 5) is 19.4. The highest BCUT2D eigenvalue weighted by atomic mass is 32.1. The molecule has 0 aliphatic carbocycles. The molecule has 1 amide bonds. The van der Waals surface area contributed by atoms with Crippen LogP contribution >= 0.6 is 11.3 Å². The molecule has 1 aromatic carbocycles. The summed E-state index contributed by atoms with van der Waals surface area (Å²) in [6.45, 7) is 6.74. The van der Waals surface area contributed by atoms with Gasteiger partial charge >= 0.3 is 0 Å². The van der Waals surface area contributed by atoms with Gasteiger partial charge in [-0.25, -0.2) is 4.98 Å². The molecule has 0 spiro atoms. The summed E-state index contributed by atoms with van der Waals surface area (Å²) in [6.07, 6.45) is 0. The van der Waals surface area contributed by atoms with Gasteiger partial charge in [0.15, 0.2) is 0 Å². The van der Waals surface area contributed by atoms with Crippen molar-refractivity contribution in [2.45, 2.75) is 27.3 Å². The van der Waals surface area contributed by atoms with Gasteiger partial charge < -0.3 is 10.2 Å². The third kappa shape index (κ3) is 3.89. The van der Waals surface area contributed by atoms with Gasteiger partial charge in [0.2, 0.25) is 0 Å². The molecule has 0 radical (unpaired) electrons. The molecule has 0 saturated heterocycles. The van der Waals surface area contributed by atoms with E-state index in [2.05, 4.69) is 28.2 Å². The van der Waals surface area contributed by atoms with Crippen molar-refractivity contribution in [3.63, 3.8) is 0 Å². The second-order valence-corrected chi connectivity index (χ2v) is 6.68. The topological polar surface area (TPSA) is 45.2 Å². The van der Waals surface area contributed by atoms with Crippen LogP contribution in [0.5, 0.6) is 0 Å². The molecule has 112 valence electrons. The summed E-state index contributed by atoms with van der Waals surface area (Å²) < 4.78 is 0. The fourth-order valence-electron chi connectivity index (χ4n) is 2.22. The highest BCUT2D eigenvalue weighted by Gasteiger charge is 2.14. The smallest absolute Gasteiger partial charge is 0.267 e. The Morgan fingerprint density at radius 2 is 2.00 bits per heavy atom. The summed E-state index contributed by atoms with van der Waals surface area (Å²) in [6, 6.07) is 6.03. The molecule has 0 saturated carbocycles. The summed E-state index contributed by atoms with van der Waals surface area (Å²) in [5, 5.41) is 3.86. The van der Waals surface area contributed by atoms with Gasteiger partial charge in [0.1, 0.15) is 4.88 Å². The van der Waals surface area contributed by atoms with E-state index in [4.69, 9.17) is 0 Å². The molecule has 0 atom stereocenters. The molecule has 0 fully saturated rings. The van der Waals surface area contributed by atoms with Crippen molar-refractivity contribution in [1.29, 1.82) is 0 Å². The molecule has 0 unspecified atom stereocenters. The largest absolute Gasteiger partial charge is 0.321 e. The molecule has 0 aliphatic heterocycles.